The fourth-order valence-corrected chi connectivity index (χ4v) is 10.2. The molecule has 0 bridgehead atoms. The van der Waals surface area contributed by atoms with Crippen molar-refractivity contribution in [2.45, 2.75) is 82.5 Å². The number of halogens is 2. The molecule has 5 aliphatic rings. The average molecular weight is 645 g/mol. The predicted molar refractivity (Wildman–Crippen MR) is 170 cm³/mol. The summed E-state index contributed by atoms with van der Waals surface area (Å²) >= 11 is 11.9. The molecule has 0 aromatic heterocycles. The minimum Gasteiger partial charge on any atom is -0.454 e. The van der Waals surface area contributed by atoms with Gasteiger partial charge in [0.1, 0.15) is 5.60 Å². The molecule has 6 rings (SSSR count). The smallest absolute Gasteiger partial charge is 0.306 e. The van der Waals surface area contributed by atoms with Crippen molar-refractivity contribution < 1.29 is 29.3 Å². The highest BCUT2D eigenvalue weighted by Gasteiger charge is 2.75. The van der Waals surface area contributed by atoms with Gasteiger partial charge in [0.2, 0.25) is 5.78 Å². The maximum Gasteiger partial charge on any atom is 0.306 e. The van der Waals surface area contributed by atoms with Crippen LogP contribution in [0, 0.1) is 28.6 Å². The van der Waals surface area contributed by atoms with Crippen molar-refractivity contribution in [3.05, 3.63) is 53.6 Å². The molecule has 4 fully saturated rings. The zero-order chi connectivity index (χ0) is 31.3. The van der Waals surface area contributed by atoms with Crippen molar-refractivity contribution in [2.75, 3.05) is 29.7 Å². The number of ether oxygens (including phenoxy) is 1. The summed E-state index contributed by atoms with van der Waals surface area (Å²) in [6.45, 7) is 3.54. The van der Waals surface area contributed by atoms with Gasteiger partial charge in [-0.05, 0) is 86.6 Å². The molecule has 0 saturated heterocycles. The molecule has 0 amide bonds. The number of nitrogens with zero attached hydrogens (tertiary/aromatic N) is 1. The number of Topliss-reactive ketones (excluding diaryl/α,β-unsaturated/α-hetero) is 1. The number of anilines is 1. The van der Waals surface area contributed by atoms with Gasteiger partial charge in [-0.3, -0.25) is 14.4 Å². The molecule has 1 aromatic carbocycles. The van der Waals surface area contributed by atoms with E-state index in [0.29, 0.717) is 57.0 Å². The molecule has 2 N–H and O–H groups in total. The van der Waals surface area contributed by atoms with Gasteiger partial charge in [-0.25, -0.2) is 0 Å². The normalized spacial score (nSPS) is 37.1. The Balaban J connectivity index is 1.09. The summed E-state index contributed by atoms with van der Waals surface area (Å²) in [5, 5.41) is 23.6. The van der Waals surface area contributed by atoms with Crippen molar-refractivity contribution >= 4 is 46.4 Å². The number of hydrogen-bond acceptors (Lipinski definition) is 7. The minimum atomic E-state index is -1.59. The third-order valence-electron chi connectivity index (χ3n) is 11.7. The van der Waals surface area contributed by atoms with Crippen molar-refractivity contribution in [1.29, 1.82) is 0 Å². The van der Waals surface area contributed by atoms with E-state index in [1.54, 1.807) is 12.2 Å². The number of rotatable bonds is 10. The number of fused-ring (bicyclic) bond motifs is 4. The van der Waals surface area contributed by atoms with E-state index in [1.807, 2.05) is 30.3 Å². The van der Waals surface area contributed by atoms with Crippen molar-refractivity contribution in [3.63, 3.8) is 0 Å². The second-order valence-electron chi connectivity index (χ2n) is 13.8. The molecule has 1 spiro atoms. The van der Waals surface area contributed by atoms with Crippen molar-refractivity contribution in [2.24, 2.45) is 28.6 Å². The number of aryl methyl sites for hydroxylation is 1. The van der Waals surface area contributed by atoms with Crippen LogP contribution < -0.4 is 4.90 Å². The van der Waals surface area contributed by atoms with Gasteiger partial charge < -0.3 is 19.8 Å². The van der Waals surface area contributed by atoms with E-state index < -0.39 is 40.4 Å². The van der Waals surface area contributed by atoms with Crippen LogP contribution in [0.3, 0.4) is 0 Å². The van der Waals surface area contributed by atoms with Gasteiger partial charge in [0.05, 0.1) is 6.10 Å². The first-order valence-corrected chi connectivity index (χ1v) is 17.2. The van der Waals surface area contributed by atoms with E-state index in [2.05, 4.69) is 11.8 Å². The lowest BCUT2D eigenvalue weighted by atomic mass is 9.46. The Labute approximate surface area is 269 Å². The van der Waals surface area contributed by atoms with Crippen LogP contribution in [0.25, 0.3) is 0 Å². The number of ketones is 2. The SMILES string of the molecule is C[C@@]12C=CC(=O)C=C1CC[C@H]1[C@H]2[C@H](O)C[C@@]23CC(OC(=O)CCCc4ccc(N(CCCl)CCCl)cc4)C(=O)[C@]2(O)CC[C@H]13. The first-order chi connectivity index (χ1) is 21.1. The van der Waals surface area contributed by atoms with Gasteiger partial charge in [-0.1, -0.05) is 30.7 Å². The quantitative estimate of drug-likeness (QED) is 0.268. The van der Waals surface area contributed by atoms with E-state index in [4.69, 9.17) is 27.9 Å². The Kier molecular flexibility index (Phi) is 8.81. The monoisotopic (exact) mass is 643 g/mol. The molecule has 4 saturated carbocycles. The fraction of sp³-hybridized carbons (Fsp3) is 0.629. The molecule has 0 radical (unpaired) electrons. The topological polar surface area (TPSA) is 104 Å². The Morgan fingerprint density at radius 2 is 1.82 bits per heavy atom. The molecule has 9 heteroatoms. The molecule has 8 atom stereocenters. The fourth-order valence-electron chi connectivity index (χ4n) is 9.79. The highest BCUT2D eigenvalue weighted by atomic mass is 35.5. The third-order valence-corrected chi connectivity index (χ3v) is 12.1. The maximum atomic E-state index is 13.7. The van der Waals surface area contributed by atoms with Crippen LogP contribution in [0.2, 0.25) is 0 Å². The number of alkyl halides is 2. The second kappa shape index (κ2) is 12.2. The van der Waals surface area contributed by atoms with Crippen LogP contribution >= 0.6 is 23.2 Å². The summed E-state index contributed by atoms with van der Waals surface area (Å²) < 4.78 is 5.78. The second-order valence-corrected chi connectivity index (χ2v) is 14.5. The number of aliphatic hydroxyl groups is 2. The molecule has 1 aromatic rings. The lowest BCUT2D eigenvalue weighted by Crippen LogP contribution is -2.59. The molecule has 1 unspecified atom stereocenters. The first-order valence-electron chi connectivity index (χ1n) is 16.1. The zero-order valence-corrected chi connectivity index (χ0v) is 26.9. The van der Waals surface area contributed by atoms with E-state index in [-0.39, 0.29) is 36.4 Å². The van der Waals surface area contributed by atoms with Gasteiger partial charge >= 0.3 is 5.97 Å². The summed E-state index contributed by atoms with van der Waals surface area (Å²) in [5.41, 5.74) is 0.415. The molecule has 7 nitrogen and oxygen atoms in total. The predicted octanol–water partition coefficient (Wildman–Crippen LogP) is 5.17. The van der Waals surface area contributed by atoms with Crippen LogP contribution in [0.4, 0.5) is 5.69 Å². The van der Waals surface area contributed by atoms with Gasteiger partial charge in [0.25, 0.3) is 0 Å². The van der Waals surface area contributed by atoms with Crippen LogP contribution in [0.15, 0.2) is 48.1 Å². The first kappa shape index (κ1) is 31.8. The largest absolute Gasteiger partial charge is 0.454 e. The maximum absolute atomic E-state index is 13.7. The molecule has 238 valence electrons. The van der Waals surface area contributed by atoms with Crippen LogP contribution in [0.5, 0.6) is 0 Å². The van der Waals surface area contributed by atoms with Crippen LogP contribution in [-0.2, 0) is 25.5 Å². The van der Waals surface area contributed by atoms with E-state index in [1.165, 1.54) is 0 Å². The van der Waals surface area contributed by atoms with Gasteiger partial charge in [-0.2, -0.15) is 0 Å². The van der Waals surface area contributed by atoms with Crippen LogP contribution in [0.1, 0.15) is 63.9 Å². The third kappa shape index (κ3) is 5.16. The van der Waals surface area contributed by atoms with Crippen molar-refractivity contribution in [1.82, 2.24) is 0 Å². The summed E-state index contributed by atoms with van der Waals surface area (Å²) in [6.07, 6.45) is 8.18. The summed E-state index contributed by atoms with van der Waals surface area (Å²) in [4.78, 5) is 40.9. The highest BCUT2D eigenvalue weighted by molar-refractivity contribution is 6.18. The Morgan fingerprint density at radius 1 is 1.09 bits per heavy atom. The highest BCUT2D eigenvalue weighted by Crippen LogP contribution is 2.70. The minimum absolute atomic E-state index is 0.00979. The standard InChI is InChI=1S/C35H43Cl2NO6/c1-33-13-11-25(39)19-23(33)7-10-26-27-12-14-35(43)32(42)29(21-34(27,35)20-28(40)31(26)33)44-30(41)4-2-3-22-5-8-24(9-6-22)38(17-15-36)18-16-37/h5-6,8-9,11,13,19,26-29,31,40,43H,2-4,7,10,12,14-18,20-21H2,1H3/t26-,27-,28-,29?,31+,33-,34+,35-/m1/s1. The van der Waals surface area contributed by atoms with E-state index in [9.17, 15) is 24.6 Å². The Bertz CT molecular complexity index is 1360. The van der Waals surface area contributed by atoms with Crippen LogP contribution in [-0.4, -0.2) is 70.4 Å². The number of carbonyl (C=O) groups excluding carboxylic acids is 3. The number of carbonyl (C=O) groups is 3. The molecular formula is C35H43Cl2NO6. The van der Waals surface area contributed by atoms with Gasteiger partial charge in [0.15, 0.2) is 11.9 Å². The summed E-state index contributed by atoms with van der Waals surface area (Å²) in [6, 6.07) is 8.16. The average Bonchev–Trinajstić information content (AvgIpc) is 3.38. The zero-order valence-electron chi connectivity index (χ0n) is 25.4. The van der Waals surface area contributed by atoms with E-state index >= 15 is 0 Å². The number of allylic oxidation sites excluding steroid dienone is 4. The number of aliphatic hydroxyl groups excluding tert-OH is 1. The van der Waals surface area contributed by atoms with Crippen molar-refractivity contribution in [3.8, 4) is 0 Å². The van der Waals surface area contributed by atoms with E-state index in [0.717, 1.165) is 29.7 Å². The number of benzene rings is 1. The molecule has 5 aliphatic carbocycles. The molecule has 0 aliphatic heterocycles. The number of esters is 1. The molecular weight excluding hydrogens is 601 g/mol. The lowest BCUT2D eigenvalue weighted by molar-refractivity contribution is -0.167. The Hall–Kier alpha value is -2.19. The molecule has 0 heterocycles. The van der Waals surface area contributed by atoms with Gasteiger partial charge in [-0.15, -0.1) is 23.2 Å². The number of hydrogen-bond donors (Lipinski definition) is 2. The summed E-state index contributed by atoms with van der Waals surface area (Å²) in [7, 11) is 0. The Morgan fingerprint density at radius 3 is 2.52 bits per heavy atom. The molecule has 44 heavy (non-hydrogen) atoms. The summed E-state index contributed by atoms with van der Waals surface area (Å²) in [5.74, 6) is 0.262. The van der Waals surface area contributed by atoms with Gasteiger partial charge in [0, 0.05) is 60.1 Å². The lowest BCUT2D eigenvalue weighted by Gasteiger charge is -2.59.